The Kier molecular flexibility index (Phi) is 10.1. The normalized spacial score (nSPS) is 12.8. The molecule has 3 aromatic carbocycles. The van der Waals surface area contributed by atoms with Crippen LogP contribution in [0.4, 0.5) is 37.7 Å². The van der Waals surface area contributed by atoms with E-state index in [1.165, 1.54) is 36.4 Å². The summed E-state index contributed by atoms with van der Waals surface area (Å²) in [5.74, 6) is -2.63. The van der Waals surface area contributed by atoms with Gasteiger partial charge in [0.2, 0.25) is 0 Å². The lowest BCUT2D eigenvalue weighted by atomic mass is 10.00. The molecule has 0 amide bonds. The molecule has 0 bridgehead atoms. The first kappa shape index (κ1) is 31.2. The van der Waals surface area contributed by atoms with E-state index in [2.05, 4.69) is 4.74 Å². The summed E-state index contributed by atoms with van der Waals surface area (Å²) in [7, 11) is 0. The molecule has 3 aromatic rings. The number of esters is 1. The van der Waals surface area contributed by atoms with Gasteiger partial charge in [0, 0.05) is 35.9 Å². The van der Waals surface area contributed by atoms with Gasteiger partial charge in [0.15, 0.2) is 0 Å². The van der Waals surface area contributed by atoms with Crippen LogP contribution in [0.1, 0.15) is 42.4 Å². The molecule has 0 heterocycles. The zero-order valence-electron chi connectivity index (χ0n) is 21.9. The lowest BCUT2D eigenvalue weighted by Crippen LogP contribution is -2.23. The molecule has 3 rings (SSSR count). The number of carbonyl (C=O) groups is 1. The molecule has 41 heavy (non-hydrogen) atoms. The summed E-state index contributed by atoms with van der Waals surface area (Å²) in [5, 5.41) is 0. The minimum atomic E-state index is -4.36. The average Bonchev–Trinajstić information content (AvgIpc) is 2.88. The number of hydrogen-bond acceptors (Lipinski definition) is 6. The lowest BCUT2D eigenvalue weighted by Gasteiger charge is -2.19. The summed E-state index contributed by atoms with van der Waals surface area (Å²) in [4.78, 5) is 12.1. The largest absolute Gasteiger partial charge is 0.493 e. The fraction of sp³-hybridized carbons (Fsp3) is 0.276. The second-order valence-corrected chi connectivity index (χ2v) is 9.15. The number of benzene rings is 3. The minimum absolute atomic E-state index is 0.0703. The number of hydrogen-bond donors (Lipinski definition) is 2. The van der Waals surface area contributed by atoms with Gasteiger partial charge in [-0.25, -0.2) is 9.18 Å². The van der Waals surface area contributed by atoms with Crippen molar-refractivity contribution in [3.05, 3.63) is 89.2 Å². The third-order valence-electron chi connectivity index (χ3n) is 5.78. The monoisotopic (exact) mass is 582 g/mol. The van der Waals surface area contributed by atoms with Crippen molar-refractivity contribution >= 4 is 23.4 Å². The standard InChI is InChI=1S/C29H28F6N2O4/c1-18(23-10-6-20(36)15-26(23)37)17-40-27(38)12-5-19-3-7-21(8-4-19)41-29(34,35)24-11-9-22(16-25(24)30)39-14-2-13-28(31,32)33/h3-12,15-16,18H,2,13-14,17,36-37H2,1H3/b12-5+. The molecule has 0 aromatic heterocycles. The molecule has 6 nitrogen and oxygen atoms in total. The number of carbonyl (C=O) groups excluding carboxylic acids is 1. The van der Waals surface area contributed by atoms with Crippen molar-refractivity contribution in [2.24, 2.45) is 0 Å². The van der Waals surface area contributed by atoms with Crippen LogP contribution in [0.2, 0.25) is 0 Å². The summed E-state index contributed by atoms with van der Waals surface area (Å²) in [5.41, 5.74) is 12.8. The number of alkyl halides is 5. The molecule has 0 spiro atoms. The molecule has 0 radical (unpaired) electrons. The molecule has 0 aliphatic rings. The van der Waals surface area contributed by atoms with Gasteiger partial charge < -0.3 is 25.7 Å². The van der Waals surface area contributed by atoms with Gasteiger partial charge in [0.05, 0.1) is 13.2 Å². The van der Waals surface area contributed by atoms with E-state index in [9.17, 15) is 31.1 Å². The van der Waals surface area contributed by atoms with Crippen LogP contribution < -0.4 is 20.9 Å². The van der Waals surface area contributed by atoms with Crippen molar-refractivity contribution in [1.82, 2.24) is 0 Å². The van der Waals surface area contributed by atoms with Crippen LogP contribution >= 0.6 is 0 Å². The smallest absolute Gasteiger partial charge is 0.429 e. The molecule has 0 aliphatic heterocycles. The molecule has 0 fully saturated rings. The molecule has 1 unspecified atom stereocenters. The number of rotatable bonds is 12. The summed E-state index contributed by atoms with van der Waals surface area (Å²) in [6.07, 6.45) is -7.28. The molecule has 0 saturated heterocycles. The van der Waals surface area contributed by atoms with E-state index in [-0.39, 0.29) is 37.1 Å². The van der Waals surface area contributed by atoms with E-state index in [1.54, 1.807) is 18.2 Å². The van der Waals surface area contributed by atoms with Crippen molar-refractivity contribution in [1.29, 1.82) is 0 Å². The average molecular weight is 583 g/mol. The van der Waals surface area contributed by atoms with Crippen molar-refractivity contribution < 1.29 is 45.3 Å². The van der Waals surface area contributed by atoms with Crippen molar-refractivity contribution in [2.75, 3.05) is 24.7 Å². The minimum Gasteiger partial charge on any atom is -0.493 e. The summed E-state index contributed by atoms with van der Waals surface area (Å²) >= 11 is 0. The molecule has 1 atom stereocenters. The number of ether oxygens (including phenoxy) is 3. The van der Waals surface area contributed by atoms with Gasteiger partial charge >= 0.3 is 18.3 Å². The van der Waals surface area contributed by atoms with E-state index < -0.39 is 36.1 Å². The maximum atomic E-state index is 14.6. The van der Waals surface area contributed by atoms with Gasteiger partial charge in [-0.05, 0) is 60.0 Å². The highest BCUT2D eigenvalue weighted by molar-refractivity contribution is 5.87. The Hall–Kier alpha value is -4.35. The van der Waals surface area contributed by atoms with Crippen molar-refractivity contribution in [2.45, 2.75) is 38.0 Å². The molecular weight excluding hydrogens is 554 g/mol. The maximum absolute atomic E-state index is 14.6. The number of nitrogens with two attached hydrogens (primary N) is 2. The highest BCUT2D eigenvalue weighted by Gasteiger charge is 2.38. The van der Waals surface area contributed by atoms with Gasteiger partial charge in [-0.2, -0.15) is 22.0 Å². The van der Waals surface area contributed by atoms with Crippen molar-refractivity contribution in [3.8, 4) is 11.5 Å². The third-order valence-corrected chi connectivity index (χ3v) is 5.78. The Morgan fingerprint density at radius 2 is 1.63 bits per heavy atom. The third kappa shape index (κ3) is 9.66. The lowest BCUT2D eigenvalue weighted by molar-refractivity contribution is -0.187. The molecule has 220 valence electrons. The number of halogens is 6. The zero-order chi connectivity index (χ0) is 30.2. The van der Waals surface area contributed by atoms with Crippen molar-refractivity contribution in [3.63, 3.8) is 0 Å². The molecule has 12 heteroatoms. The van der Waals surface area contributed by atoms with E-state index >= 15 is 0 Å². The van der Waals surface area contributed by atoms with Crippen LogP contribution in [-0.4, -0.2) is 25.4 Å². The zero-order valence-corrected chi connectivity index (χ0v) is 21.9. The first-order valence-corrected chi connectivity index (χ1v) is 12.4. The maximum Gasteiger partial charge on any atom is 0.429 e. The van der Waals surface area contributed by atoms with Crippen LogP contribution in [-0.2, 0) is 15.6 Å². The Labute approximate surface area is 232 Å². The second-order valence-electron chi connectivity index (χ2n) is 9.15. The number of anilines is 2. The van der Waals surface area contributed by atoms with Gasteiger partial charge in [-0.15, -0.1) is 0 Å². The van der Waals surface area contributed by atoms with E-state index in [0.717, 1.165) is 17.7 Å². The van der Waals surface area contributed by atoms with Gasteiger partial charge in [0.1, 0.15) is 22.9 Å². The summed E-state index contributed by atoms with van der Waals surface area (Å²) in [6.45, 7) is 1.55. The van der Waals surface area contributed by atoms with Gasteiger partial charge in [-0.1, -0.05) is 25.1 Å². The highest BCUT2D eigenvalue weighted by atomic mass is 19.4. The fourth-order valence-corrected chi connectivity index (χ4v) is 3.69. The van der Waals surface area contributed by atoms with Crippen LogP contribution in [0, 0.1) is 5.82 Å². The van der Waals surface area contributed by atoms with Crippen LogP contribution in [0.5, 0.6) is 11.5 Å². The van der Waals surface area contributed by atoms with E-state index in [0.29, 0.717) is 23.0 Å². The molecule has 4 N–H and O–H groups in total. The topological polar surface area (TPSA) is 96.8 Å². The van der Waals surface area contributed by atoms with E-state index in [4.69, 9.17) is 20.9 Å². The van der Waals surface area contributed by atoms with Gasteiger partial charge in [-0.3, -0.25) is 0 Å². The SMILES string of the molecule is CC(COC(=O)/C=C/c1ccc(OC(F)(F)c2ccc(OCCCC(F)(F)F)cc2F)cc1)c1ccc(N)cc1N. The fourth-order valence-electron chi connectivity index (χ4n) is 3.69. The Morgan fingerprint density at radius 1 is 0.951 bits per heavy atom. The predicted molar refractivity (Wildman–Crippen MR) is 142 cm³/mol. The van der Waals surface area contributed by atoms with E-state index in [1.807, 2.05) is 6.92 Å². The molecule has 0 aliphatic carbocycles. The van der Waals surface area contributed by atoms with Gasteiger partial charge in [0.25, 0.3) is 0 Å². The van der Waals surface area contributed by atoms with Crippen LogP contribution in [0.3, 0.4) is 0 Å². The Morgan fingerprint density at radius 3 is 2.27 bits per heavy atom. The Bertz CT molecular complexity index is 1360. The summed E-state index contributed by atoms with van der Waals surface area (Å²) < 4.78 is 95.1. The first-order valence-electron chi connectivity index (χ1n) is 12.4. The molecular formula is C29H28F6N2O4. The van der Waals surface area contributed by atoms with Crippen LogP contribution in [0.15, 0.2) is 66.7 Å². The number of nitrogen functional groups attached to an aromatic ring is 2. The Balaban J connectivity index is 1.52. The first-order chi connectivity index (χ1) is 19.2. The highest BCUT2D eigenvalue weighted by Crippen LogP contribution is 2.35. The van der Waals surface area contributed by atoms with Crippen LogP contribution in [0.25, 0.3) is 6.08 Å². The second kappa shape index (κ2) is 13.3. The quantitative estimate of drug-likeness (QED) is 0.0771. The summed E-state index contributed by atoms with van der Waals surface area (Å²) in [6, 6.07) is 12.7. The molecule has 0 saturated carbocycles. The predicted octanol–water partition coefficient (Wildman–Crippen LogP) is 7.20.